The van der Waals surface area contributed by atoms with Crippen molar-refractivity contribution in [3.05, 3.63) is 23.5 Å². The number of hydrogen-bond donors (Lipinski definition) is 2. The zero-order valence-corrected chi connectivity index (χ0v) is 7.60. The molecule has 0 spiro atoms. The molecule has 3 atom stereocenters. The first-order chi connectivity index (χ1) is 6.24. The van der Waals surface area contributed by atoms with Gasteiger partial charge in [0.1, 0.15) is 0 Å². The van der Waals surface area contributed by atoms with Gasteiger partial charge in [0.25, 0.3) is 0 Å². The molecule has 3 nitrogen and oxygen atoms in total. The highest BCUT2D eigenvalue weighted by molar-refractivity contribution is 5.25. The van der Waals surface area contributed by atoms with Gasteiger partial charge in [-0.15, -0.1) is 0 Å². The van der Waals surface area contributed by atoms with E-state index in [9.17, 15) is 5.11 Å². The molecule has 1 heterocycles. The van der Waals surface area contributed by atoms with Gasteiger partial charge in [0.2, 0.25) is 6.29 Å². The summed E-state index contributed by atoms with van der Waals surface area (Å²) in [5.41, 5.74) is 2.06. The Morgan fingerprint density at radius 2 is 2.38 bits per heavy atom. The van der Waals surface area contributed by atoms with Crippen LogP contribution in [0.4, 0.5) is 0 Å². The first kappa shape index (κ1) is 8.78. The van der Waals surface area contributed by atoms with Crippen LogP contribution >= 0.6 is 0 Å². The lowest BCUT2D eigenvalue weighted by molar-refractivity contribution is -0.104. The van der Waals surface area contributed by atoms with Crippen molar-refractivity contribution >= 4 is 0 Å². The van der Waals surface area contributed by atoms with Crippen LogP contribution in [0.1, 0.15) is 13.3 Å². The second kappa shape index (κ2) is 3.16. The summed E-state index contributed by atoms with van der Waals surface area (Å²) < 4.78 is 5.08. The van der Waals surface area contributed by atoms with Crippen LogP contribution in [0.3, 0.4) is 0 Å². The molecular weight excluding hydrogens is 168 g/mol. The summed E-state index contributed by atoms with van der Waals surface area (Å²) >= 11 is 0. The molecular formula is C10H14O3. The highest BCUT2D eigenvalue weighted by atomic mass is 16.6. The number of ether oxygens (including phenoxy) is 1. The molecule has 2 N–H and O–H groups in total. The van der Waals surface area contributed by atoms with E-state index in [0.29, 0.717) is 5.92 Å². The third-order valence-corrected chi connectivity index (χ3v) is 2.96. The average Bonchev–Trinajstić information content (AvgIpc) is 2.56. The summed E-state index contributed by atoms with van der Waals surface area (Å²) in [4.78, 5) is 0. The van der Waals surface area contributed by atoms with Crippen molar-refractivity contribution in [1.82, 2.24) is 0 Å². The second-order valence-electron chi connectivity index (χ2n) is 3.69. The van der Waals surface area contributed by atoms with Crippen LogP contribution in [0.5, 0.6) is 0 Å². The van der Waals surface area contributed by atoms with Gasteiger partial charge in [0.05, 0.1) is 18.8 Å². The minimum atomic E-state index is -0.783. The van der Waals surface area contributed by atoms with E-state index in [1.165, 1.54) is 0 Å². The van der Waals surface area contributed by atoms with Crippen LogP contribution in [0.2, 0.25) is 0 Å². The molecule has 13 heavy (non-hydrogen) atoms. The Hall–Kier alpha value is -0.800. The van der Waals surface area contributed by atoms with Gasteiger partial charge in [-0.05, 0) is 30.4 Å². The Bertz CT molecular complexity index is 267. The topological polar surface area (TPSA) is 49.7 Å². The van der Waals surface area contributed by atoms with Crippen molar-refractivity contribution in [2.75, 3.05) is 6.61 Å². The van der Waals surface area contributed by atoms with Gasteiger partial charge in [0.15, 0.2) is 0 Å². The fourth-order valence-corrected chi connectivity index (χ4v) is 2.19. The van der Waals surface area contributed by atoms with Crippen molar-refractivity contribution < 1.29 is 14.9 Å². The standard InChI is InChI=1S/C10H14O3/c1-6-5-13-10(12)9-7(4-11)2-3-8(6)9/h2,5,8-12H,3-4H2,1H3/t8-,9-,10-/m1/s1. The van der Waals surface area contributed by atoms with E-state index in [4.69, 9.17) is 9.84 Å². The van der Waals surface area contributed by atoms with Crippen molar-refractivity contribution in [3.63, 3.8) is 0 Å². The maximum atomic E-state index is 9.58. The third kappa shape index (κ3) is 1.28. The monoisotopic (exact) mass is 182 g/mol. The van der Waals surface area contributed by atoms with E-state index in [0.717, 1.165) is 17.6 Å². The normalized spacial score (nSPS) is 37.6. The predicted octanol–water partition coefficient (Wildman–Crippen LogP) is 0.794. The van der Waals surface area contributed by atoms with E-state index in [1.54, 1.807) is 6.26 Å². The van der Waals surface area contributed by atoms with E-state index >= 15 is 0 Å². The SMILES string of the molecule is CC1=CO[C@@H](O)[C@@H]2C(CO)=CC[C@H]12. The van der Waals surface area contributed by atoms with Gasteiger partial charge < -0.3 is 14.9 Å². The molecule has 0 radical (unpaired) electrons. The quantitative estimate of drug-likeness (QED) is 0.589. The van der Waals surface area contributed by atoms with Gasteiger partial charge in [-0.1, -0.05) is 6.08 Å². The molecule has 0 bridgehead atoms. The molecule has 0 saturated carbocycles. The Morgan fingerprint density at radius 3 is 3.08 bits per heavy atom. The molecule has 0 fully saturated rings. The first-order valence-corrected chi connectivity index (χ1v) is 4.54. The molecule has 1 aliphatic carbocycles. The largest absolute Gasteiger partial charge is 0.472 e. The fraction of sp³-hybridized carbons (Fsp3) is 0.600. The summed E-state index contributed by atoms with van der Waals surface area (Å²) in [5, 5.41) is 18.6. The van der Waals surface area contributed by atoms with Gasteiger partial charge in [0, 0.05) is 0 Å². The summed E-state index contributed by atoms with van der Waals surface area (Å²) in [6, 6.07) is 0. The lowest BCUT2D eigenvalue weighted by Gasteiger charge is -2.31. The number of fused-ring (bicyclic) bond motifs is 1. The summed E-state index contributed by atoms with van der Waals surface area (Å²) in [5.74, 6) is 0.292. The number of aliphatic hydroxyl groups excluding tert-OH is 2. The Kier molecular flexibility index (Phi) is 2.14. The minimum Gasteiger partial charge on any atom is -0.472 e. The van der Waals surface area contributed by atoms with Crippen LogP contribution in [-0.4, -0.2) is 23.1 Å². The molecule has 72 valence electrons. The molecule has 0 aromatic carbocycles. The van der Waals surface area contributed by atoms with Crippen molar-refractivity contribution in [2.24, 2.45) is 11.8 Å². The number of aliphatic hydroxyl groups is 2. The molecule has 0 unspecified atom stereocenters. The number of allylic oxidation sites excluding steroid dienone is 2. The molecule has 0 aromatic rings. The van der Waals surface area contributed by atoms with Crippen molar-refractivity contribution in [3.8, 4) is 0 Å². The molecule has 0 aromatic heterocycles. The van der Waals surface area contributed by atoms with E-state index in [1.807, 2.05) is 13.0 Å². The van der Waals surface area contributed by atoms with Crippen LogP contribution in [0.25, 0.3) is 0 Å². The van der Waals surface area contributed by atoms with E-state index in [2.05, 4.69) is 0 Å². The zero-order chi connectivity index (χ0) is 9.42. The van der Waals surface area contributed by atoms with Crippen LogP contribution in [0.15, 0.2) is 23.5 Å². The fourth-order valence-electron chi connectivity index (χ4n) is 2.19. The van der Waals surface area contributed by atoms with Crippen LogP contribution in [-0.2, 0) is 4.74 Å². The minimum absolute atomic E-state index is 0.0227. The van der Waals surface area contributed by atoms with Crippen molar-refractivity contribution in [2.45, 2.75) is 19.6 Å². The summed E-state index contributed by atoms with van der Waals surface area (Å²) in [7, 11) is 0. The smallest absolute Gasteiger partial charge is 0.203 e. The lowest BCUT2D eigenvalue weighted by Crippen LogP contribution is -2.32. The maximum Gasteiger partial charge on any atom is 0.203 e. The Balaban J connectivity index is 2.25. The van der Waals surface area contributed by atoms with Crippen LogP contribution < -0.4 is 0 Å². The zero-order valence-electron chi connectivity index (χ0n) is 7.60. The summed E-state index contributed by atoms with van der Waals surface area (Å²) in [6.07, 6.45) is 3.75. The predicted molar refractivity (Wildman–Crippen MR) is 47.6 cm³/mol. The van der Waals surface area contributed by atoms with Crippen molar-refractivity contribution in [1.29, 1.82) is 0 Å². The van der Waals surface area contributed by atoms with Gasteiger partial charge in [-0.3, -0.25) is 0 Å². The Morgan fingerprint density at radius 1 is 1.62 bits per heavy atom. The number of rotatable bonds is 1. The third-order valence-electron chi connectivity index (χ3n) is 2.96. The maximum absolute atomic E-state index is 9.58. The molecule has 2 aliphatic rings. The highest BCUT2D eigenvalue weighted by Gasteiger charge is 2.39. The summed E-state index contributed by atoms with van der Waals surface area (Å²) in [6.45, 7) is 2.02. The van der Waals surface area contributed by atoms with Gasteiger partial charge >= 0.3 is 0 Å². The Labute approximate surface area is 77.3 Å². The number of hydrogen-bond acceptors (Lipinski definition) is 3. The van der Waals surface area contributed by atoms with Gasteiger partial charge in [-0.2, -0.15) is 0 Å². The molecule has 1 aliphatic heterocycles. The van der Waals surface area contributed by atoms with E-state index < -0.39 is 6.29 Å². The van der Waals surface area contributed by atoms with Crippen LogP contribution in [0, 0.1) is 11.8 Å². The lowest BCUT2D eigenvalue weighted by atomic mass is 9.84. The molecule has 2 rings (SSSR count). The second-order valence-corrected chi connectivity index (χ2v) is 3.69. The molecule has 0 saturated heterocycles. The molecule has 0 amide bonds. The van der Waals surface area contributed by atoms with Gasteiger partial charge in [-0.25, -0.2) is 0 Å². The van der Waals surface area contributed by atoms with E-state index in [-0.39, 0.29) is 12.5 Å². The highest BCUT2D eigenvalue weighted by Crippen LogP contribution is 2.41. The molecule has 3 heteroatoms. The first-order valence-electron chi connectivity index (χ1n) is 4.54. The average molecular weight is 182 g/mol.